The third-order valence-corrected chi connectivity index (χ3v) is 2.32. The lowest BCUT2D eigenvalue weighted by Gasteiger charge is -2.21. The summed E-state index contributed by atoms with van der Waals surface area (Å²) < 4.78 is 16.2. The van der Waals surface area contributed by atoms with Crippen molar-refractivity contribution < 1.29 is 14.0 Å². The van der Waals surface area contributed by atoms with Crippen molar-refractivity contribution in [2.45, 2.75) is 65.4 Å². The van der Waals surface area contributed by atoms with Crippen LogP contribution in [0.1, 0.15) is 53.3 Å². The highest BCUT2D eigenvalue weighted by atomic mass is 16.5. The molecule has 1 heterocycles. The molecule has 0 amide bonds. The normalized spacial score (nSPS) is 15.8. The van der Waals surface area contributed by atoms with Gasteiger partial charge in [0.05, 0.1) is 18.3 Å². The molecule has 0 aliphatic heterocycles. The first-order valence-electron chi connectivity index (χ1n) is 6.48. The lowest BCUT2D eigenvalue weighted by molar-refractivity contribution is -0.0260. The Balaban J connectivity index is 2.62. The molecule has 1 aromatic heterocycles. The van der Waals surface area contributed by atoms with Crippen molar-refractivity contribution >= 4 is 0 Å². The Morgan fingerprint density at radius 3 is 2.42 bits per heavy atom. The summed E-state index contributed by atoms with van der Waals surface area (Å²) in [6.07, 6.45) is 0.110. The fraction of sp³-hybridized carbons (Fsp3) is 0.846. The standard InChI is InChI=1S/C13H25N3O3/c1-9(2)17-8-13(6,14)11-15-10(19-16-11)7-18-12(3,4)5/h9H,7-8,14H2,1-6H3. The number of hydrogen-bond acceptors (Lipinski definition) is 6. The average molecular weight is 271 g/mol. The lowest BCUT2D eigenvalue weighted by atomic mass is 10.1. The fourth-order valence-electron chi connectivity index (χ4n) is 1.23. The summed E-state index contributed by atoms with van der Waals surface area (Å²) in [5.74, 6) is 0.854. The molecule has 19 heavy (non-hydrogen) atoms. The Morgan fingerprint density at radius 1 is 1.26 bits per heavy atom. The molecule has 1 rings (SSSR count). The van der Waals surface area contributed by atoms with Gasteiger partial charge in [-0.25, -0.2) is 0 Å². The predicted octanol–water partition coefficient (Wildman–Crippen LogP) is 1.98. The largest absolute Gasteiger partial charge is 0.376 e. The van der Waals surface area contributed by atoms with Crippen LogP contribution in [-0.4, -0.2) is 28.5 Å². The van der Waals surface area contributed by atoms with E-state index in [1.807, 2.05) is 41.5 Å². The van der Waals surface area contributed by atoms with Gasteiger partial charge in [-0.2, -0.15) is 4.98 Å². The topological polar surface area (TPSA) is 83.4 Å². The monoisotopic (exact) mass is 271 g/mol. The first-order valence-corrected chi connectivity index (χ1v) is 6.48. The van der Waals surface area contributed by atoms with Crippen LogP contribution in [0.15, 0.2) is 4.52 Å². The maximum absolute atomic E-state index is 6.13. The summed E-state index contributed by atoms with van der Waals surface area (Å²) >= 11 is 0. The van der Waals surface area contributed by atoms with E-state index in [1.165, 1.54) is 0 Å². The van der Waals surface area contributed by atoms with Gasteiger partial charge >= 0.3 is 0 Å². The summed E-state index contributed by atoms with van der Waals surface area (Å²) in [6, 6.07) is 0. The molecule has 0 aliphatic carbocycles. The molecule has 1 unspecified atom stereocenters. The van der Waals surface area contributed by atoms with Crippen molar-refractivity contribution in [3.05, 3.63) is 11.7 Å². The number of nitrogens with two attached hydrogens (primary N) is 1. The van der Waals surface area contributed by atoms with Gasteiger partial charge in [-0.15, -0.1) is 0 Å². The molecule has 0 fully saturated rings. The lowest BCUT2D eigenvalue weighted by Crippen LogP contribution is -2.40. The van der Waals surface area contributed by atoms with E-state index >= 15 is 0 Å². The van der Waals surface area contributed by atoms with E-state index in [0.29, 0.717) is 18.3 Å². The Hall–Kier alpha value is -0.980. The van der Waals surface area contributed by atoms with Crippen molar-refractivity contribution in [2.75, 3.05) is 6.61 Å². The molecule has 0 radical (unpaired) electrons. The molecule has 0 saturated carbocycles. The van der Waals surface area contributed by atoms with E-state index in [-0.39, 0.29) is 18.3 Å². The minimum absolute atomic E-state index is 0.110. The van der Waals surface area contributed by atoms with Crippen LogP contribution in [0.3, 0.4) is 0 Å². The molecule has 0 spiro atoms. The molecular formula is C13H25N3O3. The molecule has 0 bridgehead atoms. The van der Waals surface area contributed by atoms with Crippen LogP contribution in [0, 0.1) is 0 Å². The summed E-state index contributed by atoms with van der Waals surface area (Å²) in [7, 11) is 0. The Labute approximate surface area is 114 Å². The zero-order valence-corrected chi connectivity index (χ0v) is 12.7. The Kier molecular flexibility index (Phi) is 5.06. The smallest absolute Gasteiger partial charge is 0.252 e. The van der Waals surface area contributed by atoms with Crippen LogP contribution in [-0.2, 0) is 21.6 Å². The maximum Gasteiger partial charge on any atom is 0.252 e. The second-order valence-corrected chi connectivity index (χ2v) is 6.19. The van der Waals surface area contributed by atoms with Gasteiger partial charge in [-0.3, -0.25) is 0 Å². The number of aromatic nitrogens is 2. The second kappa shape index (κ2) is 5.98. The molecule has 0 aromatic carbocycles. The van der Waals surface area contributed by atoms with Gasteiger partial charge in [0.1, 0.15) is 12.1 Å². The highest BCUT2D eigenvalue weighted by molar-refractivity contribution is 5.01. The SMILES string of the molecule is CC(C)OCC(C)(N)c1noc(COC(C)(C)C)n1. The van der Waals surface area contributed by atoms with E-state index in [9.17, 15) is 0 Å². The number of rotatable bonds is 6. The van der Waals surface area contributed by atoms with Crippen molar-refractivity contribution in [3.8, 4) is 0 Å². The molecule has 0 aliphatic rings. The summed E-state index contributed by atoms with van der Waals surface area (Å²) in [4.78, 5) is 4.26. The molecule has 6 heteroatoms. The van der Waals surface area contributed by atoms with E-state index in [0.717, 1.165) is 0 Å². The molecule has 110 valence electrons. The summed E-state index contributed by atoms with van der Waals surface area (Å²) in [5.41, 5.74) is 5.11. The van der Waals surface area contributed by atoms with Crippen LogP contribution in [0.2, 0.25) is 0 Å². The van der Waals surface area contributed by atoms with Gasteiger partial charge < -0.3 is 19.7 Å². The van der Waals surface area contributed by atoms with Gasteiger partial charge in [0.25, 0.3) is 5.89 Å². The van der Waals surface area contributed by atoms with Gasteiger partial charge in [-0.05, 0) is 41.5 Å². The van der Waals surface area contributed by atoms with Gasteiger partial charge in [-0.1, -0.05) is 5.16 Å². The minimum atomic E-state index is -0.770. The Morgan fingerprint density at radius 2 is 1.89 bits per heavy atom. The minimum Gasteiger partial charge on any atom is -0.376 e. The van der Waals surface area contributed by atoms with Crippen molar-refractivity contribution in [1.29, 1.82) is 0 Å². The van der Waals surface area contributed by atoms with Gasteiger partial charge in [0, 0.05) is 0 Å². The first kappa shape index (κ1) is 16.1. The molecular weight excluding hydrogens is 246 g/mol. The zero-order chi connectivity index (χ0) is 14.7. The molecule has 0 saturated heterocycles. The average Bonchev–Trinajstić information content (AvgIpc) is 2.72. The third-order valence-electron chi connectivity index (χ3n) is 2.32. The zero-order valence-electron chi connectivity index (χ0n) is 12.7. The van der Waals surface area contributed by atoms with Gasteiger partial charge in [0.15, 0.2) is 5.82 Å². The molecule has 6 nitrogen and oxygen atoms in total. The first-order chi connectivity index (χ1) is 8.60. The van der Waals surface area contributed by atoms with E-state index in [1.54, 1.807) is 0 Å². The summed E-state index contributed by atoms with van der Waals surface area (Å²) in [6.45, 7) is 12.2. The number of hydrogen-bond donors (Lipinski definition) is 1. The molecule has 2 N–H and O–H groups in total. The summed E-state index contributed by atoms with van der Waals surface area (Å²) in [5, 5.41) is 3.90. The number of nitrogens with zero attached hydrogens (tertiary/aromatic N) is 2. The Bertz CT molecular complexity index is 394. The van der Waals surface area contributed by atoms with Crippen LogP contribution in [0.25, 0.3) is 0 Å². The number of ether oxygens (including phenoxy) is 2. The van der Waals surface area contributed by atoms with Crippen LogP contribution in [0.4, 0.5) is 0 Å². The van der Waals surface area contributed by atoms with Crippen molar-refractivity contribution in [3.63, 3.8) is 0 Å². The van der Waals surface area contributed by atoms with Crippen LogP contribution in [0.5, 0.6) is 0 Å². The van der Waals surface area contributed by atoms with Gasteiger partial charge in [0.2, 0.25) is 0 Å². The van der Waals surface area contributed by atoms with Crippen LogP contribution < -0.4 is 5.73 Å². The molecule has 1 aromatic rings. The van der Waals surface area contributed by atoms with E-state index in [4.69, 9.17) is 19.7 Å². The third kappa shape index (κ3) is 5.67. The molecule has 1 atom stereocenters. The second-order valence-electron chi connectivity index (χ2n) is 6.19. The van der Waals surface area contributed by atoms with Crippen LogP contribution >= 0.6 is 0 Å². The highest BCUT2D eigenvalue weighted by Gasteiger charge is 2.28. The quantitative estimate of drug-likeness (QED) is 0.851. The van der Waals surface area contributed by atoms with E-state index < -0.39 is 5.54 Å². The fourth-order valence-corrected chi connectivity index (χ4v) is 1.23. The van der Waals surface area contributed by atoms with Crippen molar-refractivity contribution in [2.24, 2.45) is 5.73 Å². The highest BCUT2D eigenvalue weighted by Crippen LogP contribution is 2.17. The van der Waals surface area contributed by atoms with E-state index in [2.05, 4.69) is 10.1 Å². The maximum atomic E-state index is 6.13. The van der Waals surface area contributed by atoms with Crippen molar-refractivity contribution in [1.82, 2.24) is 10.1 Å². The predicted molar refractivity (Wildman–Crippen MR) is 71.5 cm³/mol.